The van der Waals surface area contributed by atoms with Crippen molar-refractivity contribution in [2.75, 3.05) is 13.2 Å². The number of benzene rings is 1. The molecule has 2 rings (SSSR count). The van der Waals surface area contributed by atoms with Gasteiger partial charge in [0.15, 0.2) is 0 Å². The van der Waals surface area contributed by atoms with Gasteiger partial charge in [0, 0.05) is 17.3 Å². The van der Waals surface area contributed by atoms with Crippen LogP contribution in [0.4, 0.5) is 8.78 Å². The fourth-order valence-electron chi connectivity index (χ4n) is 1.89. The van der Waals surface area contributed by atoms with E-state index in [-0.39, 0.29) is 13.2 Å². The molecule has 0 aliphatic heterocycles. The second-order valence-electron chi connectivity index (χ2n) is 4.38. The molecule has 1 aromatic carbocycles. The van der Waals surface area contributed by atoms with Crippen LogP contribution in [-0.2, 0) is 9.53 Å². The van der Waals surface area contributed by atoms with E-state index in [0.29, 0.717) is 11.1 Å². The van der Waals surface area contributed by atoms with Gasteiger partial charge in [0.1, 0.15) is 17.7 Å². The lowest BCUT2D eigenvalue weighted by molar-refractivity contribution is -0.145. The highest BCUT2D eigenvalue weighted by Crippen LogP contribution is 2.43. The topological polar surface area (TPSA) is 35.5 Å². The van der Waals surface area contributed by atoms with Crippen molar-refractivity contribution in [3.8, 4) is 5.75 Å². The first kappa shape index (κ1) is 14.2. The lowest BCUT2D eigenvalue weighted by Gasteiger charge is -2.08. The number of carbonyl (C=O) groups excluding carboxylic acids is 1. The number of carbonyl (C=O) groups is 1. The normalized spacial score (nSPS) is 24.9. The van der Waals surface area contributed by atoms with Crippen LogP contribution in [0.5, 0.6) is 5.75 Å². The molecule has 19 heavy (non-hydrogen) atoms. The molecule has 0 bridgehead atoms. The summed E-state index contributed by atoms with van der Waals surface area (Å²) >= 11 is 0. The van der Waals surface area contributed by atoms with Crippen LogP contribution in [0.3, 0.4) is 0 Å². The van der Waals surface area contributed by atoms with Gasteiger partial charge < -0.3 is 9.47 Å². The van der Waals surface area contributed by atoms with E-state index in [4.69, 9.17) is 9.47 Å². The highest BCUT2D eigenvalue weighted by molar-refractivity contribution is 7.27. The first-order valence-electron chi connectivity index (χ1n) is 6.03. The molecule has 0 radical (unpaired) electrons. The first-order valence-corrected chi connectivity index (χ1v) is 6.61. The summed E-state index contributed by atoms with van der Waals surface area (Å²) in [6, 6.07) is 4.10. The highest BCUT2D eigenvalue weighted by atomic mass is 31.0. The Morgan fingerprint density at radius 1 is 1.47 bits per heavy atom. The maximum atomic E-state index is 13.4. The van der Waals surface area contributed by atoms with E-state index in [1.54, 1.807) is 13.0 Å². The fourth-order valence-corrected chi connectivity index (χ4v) is 2.15. The van der Waals surface area contributed by atoms with E-state index in [9.17, 15) is 13.6 Å². The Labute approximate surface area is 112 Å². The number of ether oxygens (including phenoxy) is 2. The molecule has 1 saturated carbocycles. The number of halogens is 2. The van der Waals surface area contributed by atoms with Gasteiger partial charge in [-0.2, -0.15) is 0 Å². The van der Waals surface area contributed by atoms with Gasteiger partial charge in [0.25, 0.3) is 0 Å². The average Bonchev–Trinajstić information content (AvgIpc) is 3.01. The second kappa shape index (κ2) is 5.83. The molecule has 0 N–H and O–H groups in total. The van der Waals surface area contributed by atoms with Gasteiger partial charge in [-0.3, -0.25) is 4.79 Å². The molecule has 104 valence electrons. The minimum absolute atomic E-state index is 0.0372. The number of alkyl halides is 1. The van der Waals surface area contributed by atoms with Crippen molar-refractivity contribution in [1.82, 2.24) is 0 Å². The Bertz CT molecular complexity index is 481. The lowest BCUT2D eigenvalue weighted by atomic mass is 10.3. The summed E-state index contributed by atoms with van der Waals surface area (Å²) < 4.78 is 36.6. The standard InChI is InChI=1S/C13H15F2O3P/c1-2-17-13(16)11-8(12(11)15)6-18-9-5-7(14)3-4-10(9)19/h3-5,8,11-12H,2,6,19H2,1H3. The van der Waals surface area contributed by atoms with Crippen LogP contribution in [-0.4, -0.2) is 25.4 Å². The third kappa shape index (κ3) is 3.21. The SMILES string of the molecule is CCOC(=O)C1C(F)C1COc1cc(F)ccc1P. The summed E-state index contributed by atoms with van der Waals surface area (Å²) in [5.74, 6) is -1.87. The van der Waals surface area contributed by atoms with E-state index >= 15 is 0 Å². The Hall–Kier alpha value is -1.22. The molecule has 3 nitrogen and oxygen atoms in total. The molecule has 4 unspecified atom stereocenters. The van der Waals surface area contributed by atoms with Crippen LogP contribution < -0.4 is 10.0 Å². The molecule has 1 aliphatic rings. The number of hydrogen-bond donors (Lipinski definition) is 0. The summed E-state index contributed by atoms with van der Waals surface area (Å²) in [4.78, 5) is 11.4. The second-order valence-corrected chi connectivity index (χ2v) is 5.00. The molecule has 6 heteroatoms. The van der Waals surface area contributed by atoms with Crippen molar-refractivity contribution in [1.29, 1.82) is 0 Å². The molecular formula is C13H15F2O3P. The van der Waals surface area contributed by atoms with Gasteiger partial charge in [0.05, 0.1) is 19.1 Å². The zero-order valence-electron chi connectivity index (χ0n) is 10.4. The van der Waals surface area contributed by atoms with Crippen LogP contribution in [0, 0.1) is 17.7 Å². The minimum atomic E-state index is -1.24. The first-order chi connectivity index (χ1) is 9.04. The van der Waals surface area contributed by atoms with Crippen LogP contribution in [0.15, 0.2) is 18.2 Å². The van der Waals surface area contributed by atoms with Gasteiger partial charge in [-0.25, -0.2) is 8.78 Å². The summed E-state index contributed by atoms with van der Waals surface area (Å²) in [6.45, 7) is 1.94. The van der Waals surface area contributed by atoms with Crippen molar-refractivity contribution in [2.24, 2.45) is 11.8 Å². The van der Waals surface area contributed by atoms with Gasteiger partial charge >= 0.3 is 5.97 Å². The van der Waals surface area contributed by atoms with E-state index < -0.39 is 29.8 Å². The van der Waals surface area contributed by atoms with Crippen LogP contribution in [0.1, 0.15) is 6.92 Å². The lowest BCUT2D eigenvalue weighted by Crippen LogP contribution is -2.12. The van der Waals surface area contributed by atoms with Crippen molar-refractivity contribution < 1.29 is 23.0 Å². The van der Waals surface area contributed by atoms with Gasteiger partial charge in [-0.1, -0.05) is 0 Å². The highest BCUT2D eigenvalue weighted by Gasteiger charge is 2.57. The molecule has 1 aromatic rings. The predicted octanol–water partition coefficient (Wildman–Crippen LogP) is 1.85. The van der Waals surface area contributed by atoms with Crippen LogP contribution in [0.2, 0.25) is 0 Å². The summed E-state index contributed by atoms with van der Waals surface area (Å²) in [5.41, 5.74) is 0. The van der Waals surface area contributed by atoms with E-state index in [0.717, 1.165) is 0 Å². The van der Waals surface area contributed by atoms with Gasteiger partial charge in [-0.05, 0) is 19.1 Å². The average molecular weight is 288 g/mol. The third-order valence-corrected chi connectivity index (χ3v) is 3.52. The van der Waals surface area contributed by atoms with Crippen molar-refractivity contribution >= 4 is 20.5 Å². The molecule has 0 heterocycles. The molecule has 1 fully saturated rings. The molecule has 0 saturated heterocycles. The molecule has 4 atom stereocenters. The Morgan fingerprint density at radius 2 is 2.21 bits per heavy atom. The van der Waals surface area contributed by atoms with Gasteiger partial charge in [0.2, 0.25) is 0 Å². The molecule has 0 spiro atoms. The number of rotatable bonds is 5. The van der Waals surface area contributed by atoms with E-state index in [1.165, 1.54) is 12.1 Å². The Kier molecular flexibility index (Phi) is 4.35. The fraction of sp³-hybridized carbons (Fsp3) is 0.462. The Morgan fingerprint density at radius 3 is 2.89 bits per heavy atom. The van der Waals surface area contributed by atoms with Gasteiger partial charge in [-0.15, -0.1) is 9.24 Å². The quantitative estimate of drug-likeness (QED) is 0.613. The zero-order valence-corrected chi connectivity index (χ0v) is 11.6. The summed E-state index contributed by atoms with van der Waals surface area (Å²) in [7, 11) is 2.41. The third-order valence-electron chi connectivity index (χ3n) is 3.04. The van der Waals surface area contributed by atoms with Crippen molar-refractivity contribution in [2.45, 2.75) is 13.1 Å². The Balaban J connectivity index is 1.90. The maximum Gasteiger partial charge on any atom is 0.312 e. The molecule has 0 amide bonds. The van der Waals surface area contributed by atoms with E-state index in [2.05, 4.69) is 9.24 Å². The maximum absolute atomic E-state index is 13.4. The summed E-state index contributed by atoms with van der Waals surface area (Å²) in [5, 5.41) is 0.685. The predicted molar refractivity (Wildman–Crippen MR) is 69.7 cm³/mol. The van der Waals surface area contributed by atoms with Crippen molar-refractivity contribution in [3.63, 3.8) is 0 Å². The molecule has 0 aromatic heterocycles. The van der Waals surface area contributed by atoms with Crippen LogP contribution in [0.25, 0.3) is 0 Å². The largest absolute Gasteiger partial charge is 0.492 e. The molecule has 1 aliphatic carbocycles. The molecular weight excluding hydrogens is 273 g/mol. The minimum Gasteiger partial charge on any atom is -0.492 e. The smallest absolute Gasteiger partial charge is 0.312 e. The summed E-state index contributed by atoms with van der Waals surface area (Å²) in [6.07, 6.45) is -1.24. The van der Waals surface area contributed by atoms with Crippen LogP contribution >= 0.6 is 9.24 Å². The van der Waals surface area contributed by atoms with E-state index in [1.807, 2.05) is 0 Å². The number of hydrogen-bond acceptors (Lipinski definition) is 3. The van der Waals surface area contributed by atoms with Crippen molar-refractivity contribution in [3.05, 3.63) is 24.0 Å². The monoisotopic (exact) mass is 288 g/mol. The zero-order chi connectivity index (χ0) is 14.0. The number of esters is 1.